The van der Waals surface area contributed by atoms with E-state index in [9.17, 15) is 0 Å². The number of hydrogen-bond acceptors (Lipinski definition) is 5. The fourth-order valence-corrected chi connectivity index (χ4v) is 2.59. The van der Waals surface area contributed by atoms with E-state index in [1.165, 1.54) is 32.1 Å². The highest BCUT2D eigenvalue weighted by Crippen LogP contribution is 2.27. The van der Waals surface area contributed by atoms with Gasteiger partial charge in [0.15, 0.2) is 0 Å². The molecule has 0 saturated heterocycles. The molecule has 2 rings (SSSR count). The summed E-state index contributed by atoms with van der Waals surface area (Å²) in [5, 5.41) is 3.32. The first-order chi connectivity index (χ1) is 8.29. The zero-order chi connectivity index (χ0) is 12.1. The van der Waals surface area contributed by atoms with Crippen LogP contribution in [0.5, 0.6) is 0 Å². The van der Waals surface area contributed by atoms with Crippen molar-refractivity contribution in [2.45, 2.75) is 32.1 Å². The molecular weight excluding hydrogens is 282 g/mol. The van der Waals surface area contributed by atoms with Crippen LogP contribution in [-0.4, -0.2) is 16.5 Å². The summed E-state index contributed by atoms with van der Waals surface area (Å²) >= 11 is 3.42. The van der Waals surface area contributed by atoms with E-state index in [0.717, 1.165) is 22.8 Å². The minimum Gasteiger partial charge on any atom is -0.369 e. The summed E-state index contributed by atoms with van der Waals surface area (Å²) in [6.07, 6.45) is 8.44. The minimum atomic E-state index is 0.427. The van der Waals surface area contributed by atoms with Crippen LogP contribution < -0.4 is 16.6 Å². The summed E-state index contributed by atoms with van der Waals surface area (Å²) in [5.41, 5.74) is 2.44. The van der Waals surface area contributed by atoms with Gasteiger partial charge in [-0.1, -0.05) is 25.7 Å². The molecule has 1 saturated carbocycles. The molecule has 1 aliphatic carbocycles. The summed E-state index contributed by atoms with van der Waals surface area (Å²) in [5.74, 6) is 7.39. The number of nitrogen functional groups attached to an aromatic ring is 1. The Morgan fingerprint density at radius 2 is 2.18 bits per heavy atom. The highest BCUT2D eigenvalue weighted by atomic mass is 79.9. The third-order valence-corrected chi connectivity index (χ3v) is 3.77. The van der Waals surface area contributed by atoms with Crippen LogP contribution in [0.3, 0.4) is 0 Å². The van der Waals surface area contributed by atoms with E-state index in [1.807, 2.05) is 0 Å². The van der Waals surface area contributed by atoms with Gasteiger partial charge in [0, 0.05) is 12.7 Å². The Labute approximate surface area is 110 Å². The Kier molecular flexibility index (Phi) is 4.56. The average Bonchev–Trinajstić information content (AvgIpc) is 2.84. The molecule has 1 aromatic rings. The SMILES string of the molecule is NNc1ncc(Br)c(NCCC2CCCC2)n1. The molecule has 0 radical (unpaired) electrons. The Morgan fingerprint density at radius 1 is 1.41 bits per heavy atom. The van der Waals surface area contributed by atoms with E-state index >= 15 is 0 Å². The highest BCUT2D eigenvalue weighted by molar-refractivity contribution is 9.10. The van der Waals surface area contributed by atoms with Gasteiger partial charge in [-0.15, -0.1) is 0 Å². The maximum Gasteiger partial charge on any atom is 0.239 e. The number of anilines is 2. The lowest BCUT2D eigenvalue weighted by molar-refractivity contribution is 0.518. The molecule has 0 amide bonds. The van der Waals surface area contributed by atoms with Gasteiger partial charge in [0.05, 0.1) is 4.47 Å². The van der Waals surface area contributed by atoms with Crippen LogP contribution in [0.1, 0.15) is 32.1 Å². The van der Waals surface area contributed by atoms with Gasteiger partial charge in [-0.25, -0.2) is 10.8 Å². The van der Waals surface area contributed by atoms with E-state index < -0.39 is 0 Å². The minimum absolute atomic E-state index is 0.427. The van der Waals surface area contributed by atoms with E-state index in [-0.39, 0.29) is 0 Å². The quantitative estimate of drug-likeness (QED) is 0.575. The standard InChI is InChI=1S/C11H18BrN5/c12-9-7-15-11(17-13)16-10(9)14-6-5-8-3-1-2-4-8/h7-8H,1-6,13H2,(H2,14,15,16,17). The van der Waals surface area contributed by atoms with Crippen LogP contribution in [0.25, 0.3) is 0 Å². The number of nitrogens with two attached hydrogens (primary N) is 1. The predicted molar refractivity (Wildman–Crippen MR) is 72.6 cm³/mol. The van der Waals surface area contributed by atoms with Crippen molar-refractivity contribution < 1.29 is 0 Å². The Bertz CT molecular complexity index is 365. The van der Waals surface area contributed by atoms with Gasteiger partial charge in [0.1, 0.15) is 5.82 Å². The van der Waals surface area contributed by atoms with Crippen molar-refractivity contribution in [1.82, 2.24) is 9.97 Å². The second-order valence-corrected chi connectivity index (χ2v) is 5.25. The maximum absolute atomic E-state index is 5.28. The molecule has 1 aliphatic rings. The molecule has 0 unspecified atom stereocenters. The van der Waals surface area contributed by atoms with Crippen molar-refractivity contribution in [1.29, 1.82) is 0 Å². The summed E-state index contributed by atoms with van der Waals surface area (Å²) in [7, 11) is 0. The van der Waals surface area contributed by atoms with Gasteiger partial charge in [-0.05, 0) is 28.3 Å². The molecule has 17 heavy (non-hydrogen) atoms. The van der Waals surface area contributed by atoms with Crippen molar-refractivity contribution in [3.63, 3.8) is 0 Å². The molecule has 0 aromatic carbocycles. The molecular formula is C11H18BrN5. The van der Waals surface area contributed by atoms with Gasteiger partial charge in [-0.3, -0.25) is 5.43 Å². The fraction of sp³-hybridized carbons (Fsp3) is 0.636. The third kappa shape index (κ3) is 3.54. The molecule has 5 nitrogen and oxygen atoms in total. The van der Waals surface area contributed by atoms with E-state index in [1.54, 1.807) is 6.20 Å². The maximum atomic E-state index is 5.28. The Hall–Kier alpha value is -0.880. The first-order valence-electron chi connectivity index (χ1n) is 6.02. The molecule has 4 N–H and O–H groups in total. The number of hydrazine groups is 1. The number of rotatable bonds is 5. The van der Waals surface area contributed by atoms with Crippen LogP contribution >= 0.6 is 15.9 Å². The van der Waals surface area contributed by atoms with Gasteiger partial charge < -0.3 is 5.32 Å². The van der Waals surface area contributed by atoms with Crippen molar-refractivity contribution in [3.05, 3.63) is 10.7 Å². The monoisotopic (exact) mass is 299 g/mol. The molecule has 0 spiro atoms. The summed E-state index contributed by atoms with van der Waals surface area (Å²) in [4.78, 5) is 8.26. The number of nitrogens with zero attached hydrogens (tertiary/aromatic N) is 2. The molecule has 0 atom stereocenters. The predicted octanol–water partition coefficient (Wildman–Crippen LogP) is 2.52. The van der Waals surface area contributed by atoms with Crippen LogP contribution in [0.4, 0.5) is 11.8 Å². The fourth-order valence-electron chi connectivity index (χ4n) is 2.25. The number of hydrogen-bond donors (Lipinski definition) is 3. The smallest absolute Gasteiger partial charge is 0.239 e. The van der Waals surface area contributed by atoms with Crippen LogP contribution in [-0.2, 0) is 0 Å². The summed E-state index contributed by atoms with van der Waals surface area (Å²) in [6, 6.07) is 0. The average molecular weight is 300 g/mol. The lowest BCUT2D eigenvalue weighted by Gasteiger charge is -2.11. The van der Waals surface area contributed by atoms with E-state index in [2.05, 4.69) is 36.6 Å². The van der Waals surface area contributed by atoms with Gasteiger partial charge in [0.2, 0.25) is 5.95 Å². The normalized spacial score (nSPS) is 16.1. The number of nitrogens with one attached hydrogen (secondary N) is 2. The van der Waals surface area contributed by atoms with Gasteiger partial charge >= 0.3 is 0 Å². The second-order valence-electron chi connectivity index (χ2n) is 4.40. The van der Waals surface area contributed by atoms with E-state index in [4.69, 9.17) is 5.84 Å². The van der Waals surface area contributed by atoms with Crippen molar-refractivity contribution in [2.75, 3.05) is 17.3 Å². The number of aromatic nitrogens is 2. The van der Waals surface area contributed by atoms with Crippen LogP contribution in [0, 0.1) is 5.92 Å². The van der Waals surface area contributed by atoms with Crippen molar-refractivity contribution in [2.24, 2.45) is 11.8 Å². The largest absolute Gasteiger partial charge is 0.369 e. The molecule has 1 fully saturated rings. The van der Waals surface area contributed by atoms with E-state index in [0.29, 0.717) is 5.95 Å². The van der Waals surface area contributed by atoms with Crippen LogP contribution in [0.2, 0.25) is 0 Å². The first kappa shape index (κ1) is 12.6. The topological polar surface area (TPSA) is 75.9 Å². The Balaban J connectivity index is 1.84. The molecule has 0 aliphatic heterocycles. The molecule has 6 heteroatoms. The Morgan fingerprint density at radius 3 is 2.88 bits per heavy atom. The molecule has 94 valence electrons. The zero-order valence-corrected chi connectivity index (χ0v) is 11.3. The summed E-state index contributed by atoms with van der Waals surface area (Å²) in [6.45, 7) is 0.949. The zero-order valence-electron chi connectivity index (χ0n) is 9.75. The van der Waals surface area contributed by atoms with Gasteiger partial charge in [-0.2, -0.15) is 4.98 Å². The van der Waals surface area contributed by atoms with Gasteiger partial charge in [0.25, 0.3) is 0 Å². The molecule has 1 heterocycles. The molecule has 1 aromatic heterocycles. The first-order valence-corrected chi connectivity index (χ1v) is 6.82. The van der Waals surface area contributed by atoms with Crippen LogP contribution in [0.15, 0.2) is 10.7 Å². The summed E-state index contributed by atoms with van der Waals surface area (Å²) < 4.78 is 0.864. The second kappa shape index (κ2) is 6.16. The number of halogens is 1. The highest BCUT2D eigenvalue weighted by Gasteiger charge is 2.14. The lowest BCUT2D eigenvalue weighted by atomic mass is 10.0. The van der Waals surface area contributed by atoms with Crippen molar-refractivity contribution in [3.8, 4) is 0 Å². The lowest BCUT2D eigenvalue weighted by Crippen LogP contribution is -2.13. The molecule has 0 bridgehead atoms. The van der Waals surface area contributed by atoms with Crippen molar-refractivity contribution >= 4 is 27.7 Å². The third-order valence-electron chi connectivity index (χ3n) is 3.19.